The summed E-state index contributed by atoms with van der Waals surface area (Å²) >= 11 is 0. The maximum absolute atomic E-state index is 9.23. The highest BCUT2D eigenvalue weighted by Crippen LogP contribution is 2.35. The fraction of sp³-hybridized carbons (Fsp3) is 0.429. The average molecular weight is 218 g/mol. The molecule has 0 aromatic heterocycles. The number of allylic oxidation sites excluding steroid dienone is 1. The van der Waals surface area contributed by atoms with Gasteiger partial charge in [-0.2, -0.15) is 0 Å². The second-order valence-electron chi connectivity index (χ2n) is 4.41. The quantitative estimate of drug-likeness (QED) is 0.749. The van der Waals surface area contributed by atoms with Crippen LogP contribution < -0.4 is 0 Å². The van der Waals surface area contributed by atoms with Gasteiger partial charge in [-0.3, -0.25) is 0 Å². The van der Waals surface area contributed by atoms with Gasteiger partial charge < -0.3 is 10.2 Å². The van der Waals surface area contributed by atoms with Crippen molar-refractivity contribution in [2.45, 2.75) is 31.6 Å². The van der Waals surface area contributed by atoms with E-state index in [1.165, 1.54) is 11.1 Å². The largest absolute Gasteiger partial charge is 0.508 e. The fourth-order valence-corrected chi connectivity index (χ4v) is 2.40. The normalized spacial score (nSPS) is 20.8. The van der Waals surface area contributed by atoms with Crippen LogP contribution in [-0.4, -0.2) is 16.8 Å². The Balaban J connectivity index is 1.99. The van der Waals surface area contributed by atoms with Gasteiger partial charge in [0.15, 0.2) is 0 Å². The molecule has 1 aliphatic rings. The third-order valence-electron chi connectivity index (χ3n) is 3.37. The minimum Gasteiger partial charge on any atom is -0.508 e. The summed E-state index contributed by atoms with van der Waals surface area (Å²) in [5.74, 6) is 0.942. The molecule has 1 fully saturated rings. The monoisotopic (exact) mass is 218 g/mol. The summed E-state index contributed by atoms with van der Waals surface area (Å²) in [6.45, 7) is 0.166. The summed E-state index contributed by atoms with van der Waals surface area (Å²) in [6.07, 6.45) is 6.42. The lowest BCUT2D eigenvalue weighted by atomic mass is 9.81. The molecule has 2 nitrogen and oxygen atoms in total. The van der Waals surface area contributed by atoms with Gasteiger partial charge in [-0.05, 0) is 49.3 Å². The van der Waals surface area contributed by atoms with Gasteiger partial charge in [0.2, 0.25) is 0 Å². The first kappa shape index (κ1) is 11.2. The summed E-state index contributed by atoms with van der Waals surface area (Å²) in [4.78, 5) is 0. The van der Waals surface area contributed by atoms with Crippen LogP contribution in [0.25, 0.3) is 0 Å². The van der Waals surface area contributed by atoms with Crippen LogP contribution in [0.5, 0.6) is 5.75 Å². The van der Waals surface area contributed by atoms with E-state index in [0.717, 1.165) is 25.7 Å². The summed E-state index contributed by atoms with van der Waals surface area (Å²) < 4.78 is 0. The summed E-state index contributed by atoms with van der Waals surface area (Å²) in [6, 6.07) is 7.55. The molecule has 0 heterocycles. The molecule has 1 aromatic rings. The number of aliphatic hydroxyl groups is 1. The predicted octanol–water partition coefficient (Wildman–Crippen LogP) is 2.97. The fourth-order valence-electron chi connectivity index (χ4n) is 2.40. The lowest BCUT2D eigenvalue weighted by Gasteiger charge is -2.24. The van der Waals surface area contributed by atoms with Crippen molar-refractivity contribution in [2.75, 3.05) is 6.61 Å². The van der Waals surface area contributed by atoms with E-state index in [9.17, 15) is 5.11 Å². The maximum atomic E-state index is 9.23. The van der Waals surface area contributed by atoms with Crippen molar-refractivity contribution in [1.29, 1.82) is 0 Å². The minimum atomic E-state index is 0.166. The van der Waals surface area contributed by atoms with Crippen LogP contribution in [0.1, 0.15) is 37.2 Å². The van der Waals surface area contributed by atoms with Crippen molar-refractivity contribution in [2.24, 2.45) is 0 Å². The van der Waals surface area contributed by atoms with E-state index < -0.39 is 0 Å². The van der Waals surface area contributed by atoms with Gasteiger partial charge >= 0.3 is 0 Å². The number of hydrogen-bond acceptors (Lipinski definition) is 2. The van der Waals surface area contributed by atoms with Crippen molar-refractivity contribution in [1.82, 2.24) is 0 Å². The molecule has 2 N–H and O–H groups in total. The maximum Gasteiger partial charge on any atom is 0.115 e. The molecule has 0 radical (unpaired) electrons. The van der Waals surface area contributed by atoms with Gasteiger partial charge in [0, 0.05) is 0 Å². The van der Waals surface area contributed by atoms with Crippen molar-refractivity contribution < 1.29 is 10.2 Å². The first-order chi connectivity index (χ1) is 7.79. The smallest absolute Gasteiger partial charge is 0.115 e. The van der Waals surface area contributed by atoms with Gasteiger partial charge in [0.25, 0.3) is 0 Å². The Morgan fingerprint density at radius 3 is 2.31 bits per heavy atom. The van der Waals surface area contributed by atoms with E-state index >= 15 is 0 Å². The number of aromatic hydroxyl groups is 1. The first-order valence-electron chi connectivity index (χ1n) is 5.87. The number of rotatable bonds is 2. The zero-order chi connectivity index (χ0) is 11.4. The third-order valence-corrected chi connectivity index (χ3v) is 3.37. The number of hydrogen-bond donors (Lipinski definition) is 2. The van der Waals surface area contributed by atoms with Gasteiger partial charge in [-0.15, -0.1) is 0 Å². The second-order valence-corrected chi connectivity index (χ2v) is 4.41. The molecule has 0 atom stereocenters. The molecule has 0 spiro atoms. The van der Waals surface area contributed by atoms with Crippen LogP contribution in [0.3, 0.4) is 0 Å². The molecule has 1 aliphatic carbocycles. The summed E-state index contributed by atoms with van der Waals surface area (Å²) in [5.41, 5.74) is 2.71. The highest BCUT2D eigenvalue weighted by atomic mass is 16.3. The van der Waals surface area contributed by atoms with E-state index in [-0.39, 0.29) is 6.61 Å². The van der Waals surface area contributed by atoms with E-state index in [4.69, 9.17) is 5.11 Å². The van der Waals surface area contributed by atoms with E-state index in [1.54, 1.807) is 12.1 Å². The Morgan fingerprint density at radius 2 is 1.75 bits per heavy atom. The number of aliphatic hydroxyl groups excluding tert-OH is 1. The predicted molar refractivity (Wildman–Crippen MR) is 64.5 cm³/mol. The molecule has 0 amide bonds. The highest BCUT2D eigenvalue weighted by molar-refractivity contribution is 5.29. The molecule has 2 rings (SSSR count). The van der Waals surface area contributed by atoms with Crippen LogP contribution in [0.4, 0.5) is 0 Å². The molecular formula is C14H18O2. The van der Waals surface area contributed by atoms with Gasteiger partial charge in [0.05, 0.1) is 6.61 Å². The first-order valence-corrected chi connectivity index (χ1v) is 5.87. The SMILES string of the molecule is OCC=C1CCC(c2ccc(O)cc2)CC1. The summed E-state index contributed by atoms with van der Waals surface area (Å²) in [7, 11) is 0. The van der Waals surface area contributed by atoms with E-state index in [0.29, 0.717) is 11.7 Å². The Bertz CT molecular complexity index is 355. The third kappa shape index (κ3) is 2.64. The highest BCUT2D eigenvalue weighted by Gasteiger charge is 2.17. The van der Waals surface area contributed by atoms with E-state index in [2.05, 4.69) is 0 Å². The molecule has 0 saturated heterocycles. The standard InChI is InChI=1S/C14H18O2/c15-10-9-11-1-3-12(4-2-11)13-5-7-14(16)8-6-13/h5-9,12,15-16H,1-4,10H2. The Labute approximate surface area is 96.2 Å². The Morgan fingerprint density at radius 1 is 1.12 bits per heavy atom. The van der Waals surface area contributed by atoms with Crippen LogP contribution in [0.2, 0.25) is 0 Å². The molecular weight excluding hydrogens is 200 g/mol. The van der Waals surface area contributed by atoms with Crippen LogP contribution in [-0.2, 0) is 0 Å². The van der Waals surface area contributed by atoms with E-state index in [1.807, 2.05) is 18.2 Å². The van der Waals surface area contributed by atoms with Crippen molar-refractivity contribution in [3.05, 3.63) is 41.5 Å². The molecule has 0 aliphatic heterocycles. The van der Waals surface area contributed by atoms with Crippen molar-refractivity contribution in [3.63, 3.8) is 0 Å². The van der Waals surface area contributed by atoms with Crippen LogP contribution in [0.15, 0.2) is 35.9 Å². The number of benzene rings is 1. The molecule has 86 valence electrons. The Kier molecular flexibility index (Phi) is 3.62. The van der Waals surface area contributed by atoms with Crippen molar-refractivity contribution >= 4 is 0 Å². The summed E-state index contributed by atoms with van der Waals surface area (Å²) in [5, 5.41) is 18.1. The molecule has 0 unspecified atom stereocenters. The molecule has 0 bridgehead atoms. The lowest BCUT2D eigenvalue weighted by molar-refractivity contribution is 0.339. The molecule has 2 heteroatoms. The van der Waals surface area contributed by atoms with Gasteiger partial charge in [-0.25, -0.2) is 0 Å². The number of phenols is 1. The zero-order valence-corrected chi connectivity index (χ0v) is 9.39. The van der Waals surface area contributed by atoms with Crippen molar-refractivity contribution in [3.8, 4) is 5.75 Å². The molecule has 1 aromatic carbocycles. The van der Waals surface area contributed by atoms with Gasteiger partial charge in [-0.1, -0.05) is 23.8 Å². The molecule has 1 saturated carbocycles. The van der Waals surface area contributed by atoms with Crippen LogP contribution >= 0.6 is 0 Å². The van der Waals surface area contributed by atoms with Crippen LogP contribution in [0, 0.1) is 0 Å². The van der Waals surface area contributed by atoms with Gasteiger partial charge in [0.1, 0.15) is 5.75 Å². The number of phenolic OH excluding ortho intramolecular Hbond substituents is 1. The minimum absolute atomic E-state index is 0.166. The Hall–Kier alpha value is -1.28. The zero-order valence-electron chi connectivity index (χ0n) is 9.39. The topological polar surface area (TPSA) is 40.5 Å². The average Bonchev–Trinajstić information content (AvgIpc) is 2.32. The molecule has 16 heavy (non-hydrogen) atoms. The lowest BCUT2D eigenvalue weighted by Crippen LogP contribution is -2.06. The second kappa shape index (κ2) is 5.17.